The lowest BCUT2D eigenvalue weighted by molar-refractivity contribution is 0.0443. The van der Waals surface area contributed by atoms with Crippen LogP contribution >= 0.6 is 11.3 Å². The van der Waals surface area contributed by atoms with E-state index < -0.39 is 0 Å². The predicted octanol–water partition coefficient (Wildman–Crippen LogP) is 2.36. The summed E-state index contributed by atoms with van der Waals surface area (Å²) in [5.74, 6) is 0. The largest absolute Gasteiger partial charge is 0.371 e. The minimum absolute atomic E-state index is 0.279. The number of fused-ring (bicyclic) bond motifs is 1. The van der Waals surface area contributed by atoms with E-state index in [2.05, 4.69) is 30.6 Å². The highest BCUT2D eigenvalue weighted by atomic mass is 32.1. The van der Waals surface area contributed by atoms with Gasteiger partial charge < -0.3 is 10.1 Å². The maximum Gasteiger partial charge on any atom is 0.104 e. The Morgan fingerprint density at radius 3 is 3.29 bits per heavy atom. The Bertz CT molecular complexity index is 295. The molecule has 0 unspecified atom stereocenters. The molecule has 0 amide bonds. The summed E-state index contributed by atoms with van der Waals surface area (Å²) < 4.78 is 5.76. The summed E-state index contributed by atoms with van der Waals surface area (Å²) in [6, 6.07) is 2.76. The van der Waals surface area contributed by atoms with Gasteiger partial charge in [-0.15, -0.1) is 11.3 Å². The number of nitrogens with one attached hydrogen (secondary N) is 1. The van der Waals surface area contributed by atoms with Crippen molar-refractivity contribution in [3.8, 4) is 0 Å². The highest BCUT2D eigenvalue weighted by molar-refractivity contribution is 7.10. The molecule has 0 spiro atoms. The smallest absolute Gasteiger partial charge is 0.104 e. The topological polar surface area (TPSA) is 21.3 Å². The molecule has 14 heavy (non-hydrogen) atoms. The third kappa shape index (κ3) is 2.16. The van der Waals surface area contributed by atoms with E-state index in [-0.39, 0.29) is 6.10 Å². The Kier molecular flexibility index (Phi) is 3.21. The standard InChI is InChI=1S/C11H17NOS/c1-8(2)12-7-10-11-9(3-5-13-10)4-6-14-11/h4,6,8,10,12H,3,5,7H2,1-2H3/t10-/m1/s1. The normalized spacial score (nSPS) is 21.2. The van der Waals surface area contributed by atoms with E-state index in [9.17, 15) is 0 Å². The van der Waals surface area contributed by atoms with Gasteiger partial charge in [-0.3, -0.25) is 0 Å². The van der Waals surface area contributed by atoms with Crippen LogP contribution in [-0.4, -0.2) is 19.2 Å². The first-order valence-corrected chi connectivity index (χ1v) is 6.06. The first-order valence-electron chi connectivity index (χ1n) is 5.18. The Labute approximate surface area is 89.3 Å². The number of ether oxygens (including phenoxy) is 1. The lowest BCUT2D eigenvalue weighted by Gasteiger charge is -2.24. The van der Waals surface area contributed by atoms with Gasteiger partial charge in [-0.25, -0.2) is 0 Å². The van der Waals surface area contributed by atoms with Crippen LogP contribution < -0.4 is 5.32 Å². The van der Waals surface area contributed by atoms with Crippen LogP contribution in [0.25, 0.3) is 0 Å². The third-order valence-electron chi connectivity index (χ3n) is 2.48. The molecule has 3 heteroatoms. The van der Waals surface area contributed by atoms with Gasteiger partial charge in [0.25, 0.3) is 0 Å². The van der Waals surface area contributed by atoms with Gasteiger partial charge in [-0.1, -0.05) is 13.8 Å². The van der Waals surface area contributed by atoms with Gasteiger partial charge in [-0.05, 0) is 23.4 Å². The molecule has 1 atom stereocenters. The molecule has 1 aliphatic rings. The molecule has 0 saturated heterocycles. The Morgan fingerprint density at radius 2 is 2.50 bits per heavy atom. The van der Waals surface area contributed by atoms with Crippen LogP contribution in [0.3, 0.4) is 0 Å². The van der Waals surface area contributed by atoms with Crippen molar-refractivity contribution in [2.24, 2.45) is 0 Å². The fraction of sp³-hybridized carbons (Fsp3) is 0.636. The molecule has 2 heterocycles. The van der Waals surface area contributed by atoms with Gasteiger partial charge in [0, 0.05) is 17.5 Å². The van der Waals surface area contributed by atoms with E-state index in [1.165, 1.54) is 10.4 Å². The highest BCUT2D eigenvalue weighted by Crippen LogP contribution is 2.31. The average molecular weight is 211 g/mol. The van der Waals surface area contributed by atoms with Crippen LogP contribution in [0.5, 0.6) is 0 Å². The van der Waals surface area contributed by atoms with Crippen molar-refractivity contribution in [1.29, 1.82) is 0 Å². The molecule has 0 bridgehead atoms. The van der Waals surface area contributed by atoms with Crippen molar-refractivity contribution < 1.29 is 4.74 Å². The fourth-order valence-corrected chi connectivity index (χ4v) is 2.72. The van der Waals surface area contributed by atoms with Crippen molar-refractivity contribution in [3.05, 3.63) is 21.9 Å². The lowest BCUT2D eigenvalue weighted by Crippen LogP contribution is -2.30. The second kappa shape index (κ2) is 4.43. The maximum atomic E-state index is 5.76. The molecule has 1 aromatic rings. The molecule has 0 aromatic carbocycles. The monoisotopic (exact) mass is 211 g/mol. The van der Waals surface area contributed by atoms with Gasteiger partial charge >= 0.3 is 0 Å². The van der Waals surface area contributed by atoms with E-state index in [4.69, 9.17) is 4.74 Å². The molecule has 1 aromatic heterocycles. The maximum absolute atomic E-state index is 5.76. The van der Waals surface area contributed by atoms with Crippen molar-refractivity contribution in [2.75, 3.05) is 13.2 Å². The quantitative estimate of drug-likeness (QED) is 0.828. The molecular weight excluding hydrogens is 194 g/mol. The van der Waals surface area contributed by atoms with Gasteiger partial charge in [0.15, 0.2) is 0 Å². The Balaban J connectivity index is 2.01. The SMILES string of the molecule is CC(C)NC[C@H]1OCCc2ccsc21. The molecule has 2 rings (SSSR count). The summed E-state index contributed by atoms with van der Waals surface area (Å²) >= 11 is 1.82. The zero-order valence-electron chi connectivity index (χ0n) is 8.75. The molecule has 2 nitrogen and oxygen atoms in total. The van der Waals surface area contributed by atoms with Gasteiger partial charge in [0.05, 0.1) is 6.61 Å². The van der Waals surface area contributed by atoms with Crippen molar-refractivity contribution in [3.63, 3.8) is 0 Å². The molecule has 1 N–H and O–H groups in total. The molecular formula is C11H17NOS. The minimum atomic E-state index is 0.279. The highest BCUT2D eigenvalue weighted by Gasteiger charge is 2.21. The second-order valence-corrected chi connectivity index (χ2v) is 4.93. The van der Waals surface area contributed by atoms with Crippen LogP contribution in [0.2, 0.25) is 0 Å². The number of rotatable bonds is 3. The number of thiophene rings is 1. The van der Waals surface area contributed by atoms with Gasteiger partial charge in [0.2, 0.25) is 0 Å². The molecule has 0 radical (unpaired) electrons. The molecule has 0 aliphatic carbocycles. The Morgan fingerprint density at radius 1 is 1.64 bits per heavy atom. The summed E-state index contributed by atoms with van der Waals surface area (Å²) in [5, 5.41) is 5.60. The fourth-order valence-electron chi connectivity index (χ4n) is 1.72. The summed E-state index contributed by atoms with van der Waals surface area (Å²) in [6.45, 7) is 6.13. The number of hydrogen-bond donors (Lipinski definition) is 1. The second-order valence-electron chi connectivity index (χ2n) is 3.98. The lowest BCUT2D eigenvalue weighted by atomic mass is 10.1. The van der Waals surface area contributed by atoms with Crippen molar-refractivity contribution in [1.82, 2.24) is 5.32 Å². The van der Waals surface area contributed by atoms with Crippen molar-refractivity contribution >= 4 is 11.3 Å². The molecule has 1 aliphatic heterocycles. The van der Waals surface area contributed by atoms with E-state index in [1.54, 1.807) is 0 Å². The molecule has 0 fully saturated rings. The van der Waals surface area contributed by atoms with E-state index >= 15 is 0 Å². The average Bonchev–Trinajstić information content (AvgIpc) is 2.62. The summed E-state index contributed by atoms with van der Waals surface area (Å²) in [7, 11) is 0. The summed E-state index contributed by atoms with van der Waals surface area (Å²) in [5.41, 5.74) is 1.48. The van der Waals surface area contributed by atoms with E-state index in [1.807, 2.05) is 11.3 Å². The third-order valence-corrected chi connectivity index (χ3v) is 3.53. The first kappa shape index (κ1) is 10.1. The first-order chi connectivity index (χ1) is 6.77. The van der Waals surface area contributed by atoms with E-state index in [0.717, 1.165) is 19.6 Å². The van der Waals surface area contributed by atoms with Crippen molar-refractivity contribution in [2.45, 2.75) is 32.4 Å². The zero-order chi connectivity index (χ0) is 9.97. The van der Waals surface area contributed by atoms with Gasteiger partial charge in [-0.2, -0.15) is 0 Å². The summed E-state index contributed by atoms with van der Waals surface area (Å²) in [4.78, 5) is 1.42. The molecule has 78 valence electrons. The van der Waals surface area contributed by atoms with Crippen LogP contribution in [0.4, 0.5) is 0 Å². The number of hydrogen-bond acceptors (Lipinski definition) is 3. The van der Waals surface area contributed by atoms with E-state index in [0.29, 0.717) is 6.04 Å². The van der Waals surface area contributed by atoms with Crippen LogP contribution in [0.15, 0.2) is 11.4 Å². The zero-order valence-corrected chi connectivity index (χ0v) is 9.56. The van der Waals surface area contributed by atoms with Crippen LogP contribution in [0.1, 0.15) is 30.4 Å². The summed E-state index contributed by atoms with van der Waals surface area (Å²) in [6.07, 6.45) is 1.36. The predicted molar refractivity (Wildman–Crippen MR) is 59.9 cm³/mol. The minimum Gasteiger partial charge on any atom is -0.371 e. The van der Waals surface area contributed by atoms with Crippen LogP contribution in [0, 0.1) is 0 Å². The van der Waals surface area contributed by atoms with Gasteiger partial charge in [0.1, 0.15) is 6.10 Å². The Hall–Kier alpha value is -0.380. The molecule has 0 saturated carbocycles. The van der Waals surface area contributed by atoms with Crippen LogP contribution in [-0.2, 0) is 11.2 Å².